The molecule has 4 saturated carbocycles. The van der Waals surface area contributed by atoms with E-state index in [0.29, 0.717) is 71.0 Å². The van der Waals surface area contributed by atoms with Crippen molar-refractivity contribution in [3.8, 4) is 0 Å². The van der Waals surface area contributed by atoms with Crippen molar-refractivity contribution in [3.05, 3.63) is 99.2 Å². The summed E-state index contributed by atoms with van der Waals surface area (Å²) in [6.45, 7) is 22.2. The smallest absolute Gasteiger partial charge is 0.183 e. The average molecular weight is 657 g/mol. The zero-order chi connectivity index (χ0) is 35.1. The molecule has 0 spiro atoms. The zero-order valence-electron chi connectivity index (χ0n) is 28.5. The highest BCUT2D eigenvalue weighted by Gasteiger charge is 2.48. The van der Waals surface area contributed by atoms with Crippen LogP contribution in [0.5, 0.6) is 0 Å². The summed E-state index contributed by atoms with van der Waals surface area (Å²) in [6, 6.07) is 0. The van der Waals surface area contributed by atoms with E-state index in [1.165, 1.54) is 0 Å². The third-order valence-electron chi connectivity index (χ3n) is 12.6. The summed E-state index contributed by atoms with van der Waals surface area (Å²) in [4.78, 5) is 34.5. The fraction of sp³-hybridized carbons (Fsp3) is 0.548. The van der Waals surface area contributed by atoms with E-state index in [4.69, 9.17) is 15.3 Å². The Bertz CT molecular complexity index is 1230. The Balaban J connectivity index is 0.000000163. The maximum absolute atomic E-state index is 11.5. The van der Waals surface area contributed by atoms with Crippen LogP contribution in [0.3, 0.4) is 0 Å². The highest BCUT2D eigenvalue weighted by atomic mass is 16.3. The van der Waals surface area contributed by atoms with E-state index in [-0.39, 0.29) is 43.1 Å². The van der Waals surface area contributed by atoms with Crippen LogP contribution in [0, 0.1) is 76.9 Å². The van der Waals surface area contributed by atoms with Crippen molar-refractivity contribution < 1.29 is 29.7 Å². The maximum atomic E-state index is 11.5. The molecule has 6 aliphatic rings. The SMILES string of the molecule is C=CC1CC(C=C)C2CC(C(=O)CO)=CC12.C=CC1CC(C=C)C2CC(C(=O)CO)=CC12.C=CC1CC(C=C)C2CC(C(=O)CO)CC12. The number of hydrogen-bond donors (Lipinski definition) is 3. The molecule has 3 N–H and O–H groups in total. The molecule has 12 unspecified atom stereocenters. The predicted molar refractivity (Wildman–Crippen MR) is 191 cm³/mol. The van der Waals surface area contributed by atoms with Crippen LogP contribution < -0.4 is 0 Å². The Morgan fingerprint density at radius 1 is 0.521 bits per heavy atom. The molecular weight excluding hydrogens is 600 g/mol. The van der Waals surface area contributed by atoms with Crippen LogP contribution in [0.2, 0.25) is 0 Å². The summed E-state index contributed by atoms with van der Waals surface area (Å²) in [5.74, 6) is 5.77. The molecule has 6 heteroatoms. The van der Waals surface area contributed by atoms with Gasteiger partial charge in [0.1, 0.15) is 19.8 Å². The van der Waals surface area contributed by atoms with Crippen molar-refractivity contribution in [2.75, 3.05) is 19.8 Å². The summed E-state index contributed by atoms with van der Waals surface area (Å²) >= 11 is 0. The average Bonchev–Trinajstić information content (AvgIpc) is 3.95. The fourth-order valence-electron chi connectivity index (χ4n) is 10.0. The van der Waals surface area contributed by atoms with Crippen molar-refractivity contribution in [3.63, 3.8) is 0 Å². The lowest BCUT2D eigenvalue weighted by atomic mass is 9.89. The molecule has 0 aromatic heterocycles. The monoisotopic (exact) mass is 656 g/mol. The third kappa shape index (κ3) is 7.66. The number of allylic oxidation sites excluding steroid dienone is 8. The molecule has 0 heterocycles. The van der Waals surface area contributed by atoms with E-state index >= 15 is 0 Å². The van der Waals surface area contributed by atoms with Crippen molar-refractivity contribution in [2.45, 2.75) is 44.9 Å². The topological polar surface area (TPSA) is 112 Å². The second-order valence-electron chi connectivity index (χ2n) is 14.7. The Kier molecular flexibility index (Phi) is 13.3. The second-order valence-corrected chi connectivity index (χ2v) is 14.7. The maximum Gasteiger partial charge on any atom is 0.183 e. The number of carbonyl (C=O) groups excluding carboxylic acids is 3. The van der Waals surface area contributed by atoms with E-state index in [1.807, 2.05) is 36.5 Å². The van der Waals surface area contributed by atoms with Gasteiger partial charge >= 0.3 is 0 Å². The molecule has 260 valence electrons. The Hall–Kier alpha value is -3.19. The van der Waals surface area contributed by atoms with Gasteiger partial charge in [0, 0.05) is 5.92 Å². The van der Waals surface area contributed by atoms with Crippen LogP contribution in [0.25, 0.3) is 0 Å². The quantitative estimate of drug-likeness (QED) is 0.209. The molecule has 48 heavy (non-hydrogen) atoms. The lowest BCUT2D eigenvalue weighted by Gasteiger charge is -2.15. The molecule has 6 aliphatic carbocycles. The van der Waals surface area contributed by atoms with Gasteiger partial charge in [-0.15, -0.1) is 39.5 Å². The van der Waals surface area contributed by atoms with Crippen molar-refractivity contribution in [2.24, 2.45) is 76.9 Å². The molecule has 0 bridgehead atoms. The van der Waals surface area contributed by atoms with Gasteiger partial charge in [-0.2, -0.15) is 0 Å². The van der Waals surface area contributed by atoms with Crippen LogP contribution in [0.1, 0.15) is 44.9 Å². The van der Waals surface area contributed by atoms with Gasteiger partial charge in [-0.05, 0) is 127 Å². The van der Waals surface area contributed by atoms with Crippen molar-refractivity contribution in [1.82, 2.24) is 0 Å². The van der Waals surface area contributed by atoms with Gasteiger partial charge in [-0.25, -0.2) is 0 Å². The molecule has 0 aromatic carbocycles. The molecule has 0 saturated heterocycles. The summed E-state index contributed by atoms with van der Waals surface area (Å²) in [7, 11) is 0. The molecule has 0 aromatic rings. The zero-order valence-corrected chi connectivity index (χ0v) is 28.5. The van der Waals surface area contributed by atoms with Crippen molar-refractivity contribution >= 4 is 17.3 Å². The number of ketones is 3. The molecule has 0 amide bonds. The van der Waals surface area contributed by atoms with Crippen LogP contribution in [-0.2, 0) is 14.4 Å². The van der Waals surface area contributed by atoms with E-state index < -0.39 is 0 Å². The molecule has 12 atom stereocenters. The summed E-state index contributed by atoms with van der Waals surface area (Å²) < 4.78 is 0. The summed E-state index contributed by atoms with van der Waals surface area (Å²) in [6.07, 6.45) is 23.0. The van der Waals surface area contributed by atoms with Crippen LogP contribution >= 0.6 is 0 Å². The highest BCUT2D eigenvalue weighted by molar-refractivity contribution is 5.97. The van der Waals surface area contributed by atoms with Gasteiger partial charge in [0.25, 0.3) is 0 Å². The lowest BCUT2D eigenvalue weighted by Crippen LogP contribution is -2.17. The molecule has 6 nitrogen and oxygen atoms in total. The molecule has 6 rings (SSSR count). The van der Waals surface area contributed by atoms with Crippen LogP contribution in [-0.4, -0.2) is 52.5 Å². The van der Waals surface area contributed by atoms with Gasteiger partial charge in [-0.1, -0.05) is 48.6 Å². The van der Waals surface area contributed by atoms with Crippen molar-refractivity contribution in [1.29, 1.82) is 0 Å². The number of aliphatic hydroxyl groups excluding tert-OH is 3. The Morgan fingerprint density at radius 2 is 0.854 bits per heavy atom. The molecule has 4 fully saturated rings. The van der Waals surface area contributed by atoms with Gasteiger partial charge in [-0.3, -0.25) is 14.4 Å². The number of aliphatic hydroxyl groups is 3. The predicted octanol–water partition coefficient (Wildman–Crippen LogP) is 6.44. The minimum Gasteiger partial charge on any atom is -0.389 e. The molecular formula is C42H56O6. The van der Waals surface area contributed by atoms with Crippen LogP contribution in [0.4, 0.5) is 0 Å². The van der Waals surface area contributed by atoms with E-state index in [2.05, 4.69) is 51.6 Å². The fourth-order valence-corrected chi connectivity index (χ4v) is 10.0. The van der Waals surface area contributed by atoms with Gasteiger partial charge < -0.3 is 15.3 Å². The second kappa shape index (κ2) is 17.0. The van der Waals surface area contributed by atoms with Gasteiger partial charge in [0.2, 0.25) is 0 Å². The first kappa shape index (κ1) is 37.6. The summed E-state index contributed by atoms with van der Waals surface area (Å²) in [5.41, 5.74) is 1.60. The molecule has 0 aliphatic heterocycles. The lowest BCUT2D eigenvalue weighted by molar-refractivity contribution is -0.125. The van der Waals surface area contributed by atoms with Gasteiger partial charge in [0.05, 0.1) is 0 Å². The number of rotatable bonds is 12. The minimum absolute atomic E-state index is 0.0139. The van der Waals surface area contributed by atoms with E-state index in [1.54, 1.807) is 0 Å². The highest BCUT2D eigenvalue weighted by Crippen LogP contribution is 2.54. The first-order valence-corrected chi connectivity index (χ1v) is 17.7. The minimum atomic E-state index is -0.372. The largest absolute Gasteiger partial charge is 0.389 e. The van der Waals surface area contributed by atoms with E-state index in [9.17, 15) is 14.4 Å². The van der Waals surface area contributed by atoms with E-state index in [0.717, 1.165) is 56.1 Å². The van der Waals surface area contributed by atoms with Crippen LogP contribution in [0.15, 0.2) is 99.2 Å². The van der Waals surface area contributed by atoms with Gasteiger partial charge in [0.15, 0.2) is 17.3 Å². The Morgan fingerprint density at radius 3 is 1.17 bits per heavy atom. The number of Topliss-reactive ketones (excluding diaryl/α,β-unsaturated/α-hetero) is 3. The summed E-state index contributed by atoms with van der Waals surface area (Å²) in [5, 5.41) is 26.7. The normalized spacial score (nSPS) is 38.4. The third-order valence-corrected chi connectivity index (χ3v) is 12.6. The number of hydrogen-bond acceptors (Lipinski definition) is 6. The number of fused-ring (bicyclic) bond motifs is 3. The number of carbonyl (C=O) groups is 3. The standard InChI is InChI=1S/C14H20O2.2C14H18O2/c3*1-3-9-5-10(4-2)13-7-11(6-12(9)13)14(16)8-15/h3-4,9-13,15H,1-2,5-8H2;2*3-4,6,9-10,12-13,15H,1-2,5,7-8H2. The molecule has 0 radical (unpaired) electrons. The Labute approximate surface area is 287 Å². The first-order valence-electron chi connectivity index (χ1n) is 17.7. The first-order chi connectivity index (χ1) is 23.1.